The number of esters is 1. The van der Waals surface area contributed by atoms with E-state index in [0.717, 1.165) is 0 Å². The van der Waals surface area contributed by atoms with E-state index in [1.54, 1.807) is 6.92 Å². The van der Waals surface area contributed by atoms with Gasteiger partial charge in [0.1, 0.15) is 5.69 Å². The van der Waals surface area contributed by atoms with E-state index < -0.39 is 17.8 Å². The Morgan fingerprint density at radius 1 is 1.44 bits per heavy atom. The third kappa shape index (κ3) is 3.80. The van der Waals surface area contributed by atoms with Crippen LogP contribution in [0.15, 0.2) is 18.2 Å². The topological polar surface area (TPSA) is 59.5 Å². The number of nitrogens with zero attached hydrogens (tertiary/aromatic N) is 2. The largest absolute Gasteiger partial charge is 0.469 e. The van der Waals surface area contributed by atoms with Crippen molar-refractivity contribution in [3.05, 3.63) is 29.8 Å². The molecule has 0 aliphatic heterocycles. The van der Waals surface area contributed by atoms with Gasteiger partial charge in [-0.2, -0.15) is 4.39 Å². The molecule has 0 aliphatic carbocycles. The van der Waals surface area contributed by atoms with Crippen LogP contribution in [0.2, 0.25) is 0 Å². The van der Waals surface area contributed by atoms with Crippen molar-refractivity contribution in [1.82, 2.24) is 9.88 Å². The number of halogens is 1. The van der Waals surface area contributed by atoms with Crippen LogP contribution in [0.4, 0.5) is 4.39 Å². The SMILES string of the molecule is CCN(CCC(=O)OC)C(=O)c1cccc(F)n1. The first-order chi connectivity index (χ1) is 8.58. The Kier molecular flexibility index (Phi) is 5.23. The first-order valence-corrected chi connectivity index (χ1v) is 5.57. The Morgan fingerprint density at radius 3 is 2.72 bits per heavy atom. The Morgan fingerprint density at radius 2 is 2.17 bits per heavy atom. The highest BCUT2D eigenvalue weighted by Gasteiger charge is 2.17. The lowest BCUT2D eigenvalue weighted by atomic mass is 10.3. The van der Waals surface area contributed by atoms with E-state index in [2.05, 4.69) is 9.72 Å². The number of ether oxygens (including phenoxy) is 1. The number of carbonyl (C=O) groups is 2. The number of aromatic nitrogens is 1. The molecule has 0 atom stereocenters. The van der Waals surface area contributed by atoms with E-state index in [9.17, 15) is 14.0 Å². The fraction of sp³-hybridized carbons (Fsp3) is 0.417. The second-order valence-electron chi connectivity index (χ2n) is 3.56. The molecule has 0 saturated heterocycles. The monoisotopic (exact) mass is 254 g/mol. The van der Waals surface area contributed by atoms with Gasteiger partial charge in [0, 0.05) is 13.1 Å². The van der Waals surface area contributed by atoms with Gasteiger partial charge in [0.25, 0.3) is 5.91 Å². The van der Waals surface area contributed by atoms with Crippen molar-refractivity contribution in [3.63, 3.8) is 0 Å². The van der Waals surface area contributed by atoms with Gasteiger partial charge in [-0.15, -0.1) is 0 Å². The summed E-state index contributed by atoms with van der Waals surface area (Å²) in [6.45, 7) is 2.41. The zero-order valence-electron chi connectivity index (χ0n) is 10.4. The summed E-state index contributed by atoms with van der Waals surface area (Å²) in [5.41, 5.74) is 0.0294. The summed E-state index contributed by atoms with van der Waals surface area (Å²) in [4.78, 5) is 27.9. The summed E-state index contributed by atoms with van der Waals surface area (Å²) in [5.74, 6) is -1.50. The van der Waals surface area contributed by atoms with E-state index in [4.69, 9.17) is 0 Å². The first-order valence-electron chi connectivity index (χ1n) is 5.57. The average Bonchev–Trinajstić information content (AvgIpc) is 2.38. The highest BCUT2D eigenvalue weighted by molar-refractivity contribution is 5.92. The van der Waals surface area contributed by atoms with Crippen LogP contribution in [-0.2, 0) is 9.53 Å². The number of hydrogen-bond donors (Lipinski definition) is 0. The molecule has 0 N–H and O–H groups in total. The van der Waals surface area contributed by atoms with E-state index in [1.165, 1.54) is 30.2 Å². The molecule has 1 rings (SSSR count). The number of pyridine rings is 1. The van der Waals surface area contributed by atoms with Crippen LogP contribution in [-0.4, -0.2) is 42.0 Å². The van der Waals surface area contributed by atoms with Crippen LogP contribution < -0.4 is 0 Å². The van der Waals surface area contributed by atoms with Crippen molar-refractivity contribution in [3.8, 4) is 0 Å². The molecular formula is C12H15FN2O3. The van der Waals surface area contributed by atoms with Gasteiger partial charge in [-0.25, -0.2) is 4.98 Å². The van der Waals surface area contributed by atoms with E-state index in [1.807, 2.05) is 0 Å². The summed E-state index contributed by atoms with van der Waals surface area (Å²) in [6.07, 6.45) is 0.103. The molecule has 0 radical (unpaired) electrons. The molecule has 0 aliphatic rings. The van der Waals surface area contributed by atoms with E-state index in [0.29, 0.717) is 6.54 Å². The van der Waals surface area contributed by atoms with Crippen molar-refractivity contribution in [2.45, 2.75) is 13.3 Å². The Balaban J connectivity index is 2.70. The first kappa shape index (κ1) is 14.1. The second-order valence-corrected chi connectivity index (χ2v) is 3.56. The standard InChI is InChI=1S/C12H15FN2O3/c1-3-15(8-7-11(16)18-2)12(17)9-5-4-6-10(13)14-9/h4-6H,3,7-8H2,1-2H3. The number of rotatable bonds is 5. The lowest BCUT2D eigenvalue weighted by Gasteiger charge is -2.19. The molecule has 0 bridgehead atoms. The average molecular weight is 254 g/mol. The molecule has 6 heteroatoms. The van der Waals surface area contributed by atoms with Crippen molar-refractivity contribution in [2.75, 3.05) is 20.2 Å². The van der Waals surface area contributed by atoms with Gasteiger partial charge in [-0.05, 0) is 19.1 Å². The predicted octanol–water partition coefficient (Wildman–Crippen LogP) is 1.25. The van der Waals surface area contributed by atoms with Crippen LogP contribution in [0.1, 0.15) is 23.8 Å². The van der Waals surface area contributed by atoms with Crippen molar-refractivity contribution in [2.24, 2.45) is 0 Å². The quantitative estimate of drug-likeness (QED) is 0.586. The second kappa shape index (κ2) is 6.68. The predicted molar refractivity (Wildman–Crippen MR) is 62.4 cm³/mol. The van der Waals surface area contributed by atoms with Gasteiger partial charge in [0.15, 0.2) is 0 Å². The molecule has 0 aromatic carbocycles. The minimum atomic E-state index is -0.704. The summed E-state index contributed by atoms with van der Waals surface area (Å²) in [7, 11) is 1.29. The number of carbonyl (C=O) groups excluding carboxylic acids is 2. The van der Waals surface area contributed by atoms with Crippen LogP contribution in [0, 0.1) is 5.95 Å². The number of hydrogen-bond acceptors (Lipinski definition) is 4. The van der Waals surface area contributed by atoms with Crippen LogP contribution in [0.3, 0.4) is 0 Å². The minimum absolute atomic E-state index is 0.0294. The van der Waals surface area contributed by atoms with E-state index >= 15 is 0 Å². The summed E-state index contributed by atoms with van der Waals surface area (Å²) >= 11 is 0. The fourth-order valence-electron chi connectivity index (χ4n) is 1.42. The Bertz CT molecular complexity index is 437. The van der Waals surface area contributed by atoms with Gasteiger partial charge >= 0.3 is 5.97 Å². The van der Waals surface area contributed by atoms with Crippen molar-refractivity contribution in [1.29, 1.82) is 0 Å². The van der Waals surface area contributed by atoms with Crippen LogP contribution >= 0.6 is 0 Å². The van der Waals surface area contributed by atoms with Gasteiger partial charge < -0.3 is 9.64 Å². The Labute approximate surface area is 105 Å². The smallest absolute Gasteiger partial charge is 0.307 e. The molecule has 1 aromatic heterocycles. The van der Waals surface area contributed by atoms with E-state index in [-0.39, 0.29) is 18.7 Å². The maximum atomic E-state index is 12.9. The zero-order chi connectivity index (χ0) is 13.5. The molecule has 0 unspecified atom stereocenters. The minimum Gasteiger partial charge on any atom is -0.469 e. The third-order valence-corrected chi connectivity index (χ3v) is 2.42. The Hall–Kier alpha value is -1.98. The fourth-order valence-corrected chi connectivity index (χ4v) is 1.42. The molecule has 0 saturated carbocycles. The van der Waals surface area contributed by atoms with Crippen LogP contribution in [0.25, 0.3) is 0 Å². The molecular weight excluding hydrogens is 239 g/mol. The highest BCUT2D eigenvalue weighted by atomic mass is 19.1. The molecule has 1 aromatic rings. The molecule has 98 valence electrons. The molecule has 1 heterocycles. The summed E-state index contributed by atoms with van der Waals surface area (Å²) in [6, 6.07) is 4.03. The van der Waals surface area contributed by atoms with Crippen LogP contribution in [0.5, 0.6) is 0 Å². The van der Waals surface area contributed by atoms with Gasteiger partial charge in [0.2, 0.25) is 5.95 Å². The summed E-state index contributed by atoms with van der Waals surface area (Å²) < 4.78 is 17.4. The third-order valence-electron chi connectivity index (χ3n) is 2.42. The summed E-state index contributed by atoms with van der Waals surface area (Å²) in [5, 5.41) is 0. The van der Waals surface area contributed by atoms with Crippen molar-refractivity contribution >= 4 is 11.9 Å². The maximum absolute atomic E-state index is 12.9. The molecule has 5 nitrogen and oxygen atoms in total. The zero-order valence-corrected chi connectivity index (χ0v) is 10.4. The van der Waals surface area contributed by atoms with Gasteiger partial charge in [-0.3, -0.25) is 9.59 Å². The molecule has 1 amide bonds. The molecule has 0 fully saturated rings. The van der Waals surface area contributed by atoms with Gasteiger partial charge in [0.05, 0.1) is 13.5 Å². The lowest BCUT2D eigenvalue weighted by Crippen LogP contribution is -2.33. The number of amides is 1. The maximum Gasteiger partial charge on any atom is 0.307 e. The highest BCUT2D eigenvalue weighted by Crippen LogP contribution is 2.04. The molecule has 18 heavy (non-hydrogen) atoms. The number of methoxy groups -OCH3 is 1. The lowest BCUT2D eigenvalue weighted by molar-refractivity contribution is -0.140. The normalized spacial score (nSPS) is 9.94. The van der Waals surface area contributed by atoms with Gasteiger partial charge in [-0.1, -0.05) is 6.07 Å². The molecule has 0 spiro atoms. The van der Waals surface area contributed by atoms with Crippen molar-refractivity contribution < 1.29 is 18.7 Å².